The standard InChI is InChI=1S/C27H17Cl2N3O/c28-20-12-10-19(14-21(20)29)24-25(26(33)18-7-2-1-3-8-18)32-22-9-5-4-6-17(22)11-13-23(32)27(24,15-30)16-31/h1-14,23-25H/t23-,24-,25-/m1/s1. The molecule has 0 bridgehead atoms. The first-order chi connectivity index (χ1) is 16.0. The molecule has 0 saturated carbocycles. The van der Waals surface area contributed by atoms with E-state index < -0.39 is 23.4 Å². The number of carbonyl (C=O) groups is 1. The van der Waals surface area contributed by atoms with Crippen molar-refractivity contribution in [2.45, 2.75) is 18.0 Å². The molecule has 2 aliphatic rings. The molecule has 1 saturated heterocycles. The minimum Gasteiger partial charge on any atom is -0.351 e. The van der Waals surface area contributed by atoms with Gasteiger partial charge in [-0.2, -0.15) is 10.5 Å². The molecule has 2 heterocycles. The average molecular weight is 470 g/mol. The van der Waals surface area contributed by atoms with Crippen molar-refractivity contribution in [1.29, 1.82) is 10.5 Å². The molecular weight excluding hydrogens is 453 g/mol. The van der Waals surface area contributed by atoms with Crippen molar-refractivity contribution in [3.63, 3.8) is 0 Å². The van der Waals surface area contributed by atoms with Crippen LogP contribution in [0.15, 0.2) is 78.9 Å². The van der Waals surface area contributed by atoms with E-state index in [-0.39, 0.29) is 5.78 Å². The highest BCUT2D eigenvalue weighted by atomic mass is 35.5. The van der Waals surface area contributed by atoms with Gasteiger partial charge < -0.3 is 4.90 Å². The van der Waals surface area contributed by atoms with Gasteiger partial charge in [-0.25, -0.2) is 0 Å². The Morgan fingerprint density at radius 1 is 0.909 bits per heavy atom. The van der Waals surface area contributed by atoms with Crippen LogP contribution < -0.4 is 4.90 Å². The smallest absolute Gasteiger partial charge is 0.185 e. The van der Waals surface area contributed by atoms with E-state index in [9.17, 15) is 15.3 Å². The van der Waals surface area contributed by atoms with Crippen molar-refractivity contribution >= 4 is 40.7 Å². The molecule has 0 unspecified atom stereocenters. The van der Waals surface area contributed by atoms with E-state index in [0.717, 1.165) is 11.3 Å². The molecule has 2 aliphatic heterocycles. The molecule has 3 atom stereocenters. The number of hydrogen-bond acceptors (Lipinski definition) is 4. The number of rotatable bonds is 3. The van der Waals surface area contributed by atoms with E-state index in [4.69, 9.17) is 23.2 Å². The number of benzene rings is 3. The van der Waals surface area contributed by atoms with Crippen LogP contribution in [0.5, 0.6) is 0 Å². The van der Waals surface area contributed by atoms with Crippen LogP contribution in [0.1, 0.15) is 27.4 Å². The van der Waals surface area contributed by atoms with E-state index in [0.29, 0.717) is 21.2 Å². The fraction of sp³-hybridized carbons (Fsp3) is 0.148. The first-order valence-corrected chi connectivity index (χ1v) is 11.2. The van der Waals surface area contributed by atoms with Crippen molar-refractivity contribution in [2.24, 2.45) is 5.41 Å². The molecule has 5 rings (SSSR count). The molecule has 0 aliphatic carbocycles. The molecule has 160 valence electrons. The van der Waals surface area contributed by atoms with E-state index in [1.54, 1.807) is 42.5 Å². The number of nitrogens with zero attached hydrogens (tertiary/aromatic N) is 3. The number of anilines is 1. The fourth-order valence-electron chi connectivity index (χ4n) is 5.09. The van der Waals surface area contributed by atoms with Crippen LogP contribution in [0.25, 0.3) is 6.08 Å². The summed E-state index contributed by atoms with van der Waals surface area (Å²) in [4.78, 5) is 16.0. The molecule has 0 aromatic heterocycles. The first-order valence-electron chi connectivity index (χ1n) is 10.4. The van der Waals surface area contributed by atoms with E-state index in [1.165, 1.54) is 0 Å². The number of nitriles is 2. The topological polar surface area (TPSA) is 67.9 Å². The number of fused-ring (bicyclic) bond motifs is 3. The van der Waals surface area contributed by atoms with E-state index in [2.05, 4.69) is 12.1 Å². The number of halogens is 2. The molecule has 0 radical (unpaired) electrons. The minimum absolute atomic E-state index is 0.158. The predicted octanol–water partition coefficient (Wildman–Crippen LogP) is 6.28. The summed E-state index contributed by atoms with van der Waals surface area (Å²) in [6, 6.07) is 24.9. The van der Waals surface area contributed by atoms with Crippen LogP contribution >= 0.6 is 23.2 Å². The molecule has 6 heteroatoms. The maximum atomic E-state index is 14.0. The number of Topliss-reactive ketones (excluding diaryl/α,β-unsaturated/α-hetero) is 1. The summed E-state index contributed by atoms with van der Waals surface area (Å²) in [6.45, 7) is 0. The Hall–Kier alpha value is -3.57. The molecule has 1 fully saturated rings. The normalized spacial score (nSPS) is 22.1. The lowest BCUT2D eigenvalue weighted by molar-refractivity contribution is 0.0951. The Labute approximate surface area is 201 Å². The van der Waals surface area contributed by atoms with Crippen molar-refractivity contribution in [3.05, 3.63) is 106 Å². The maximum Gasteiger partial charge on any atom is 0.185 e. The van der Waals surface area contributed by atoms with Crippen molar-refractivity contribution < 1.29 is 4.79 Å². The lowest BCUT2D eigenvalue weighted by Gasteiger charge is -2.35. The first kappa shape index (κ1) is 21.3. The molecular formula is C27H17Cl2N3O. The number of ketones is 1. The Kier molecular flexibility index (Phi) is 5.22. The number of para-hydroxylation sites is 1. The third kappa shape index (κ3) is 3.15. The summed E-state index contributed by atoms with van der Waals surface area (Å²) in [5, 5.41) is 21.5. The molecule has 0 amide bonds. The quantitative estimate of drug-likeness (QED) is 0.423. The zero-order valence-corrected chi connectivity index (χ0v) is 18.8. The number of hydrogen-bond donors (Lipinski definition) is 0. The predicted molar refractivity (Wildman–Crippen MR) is 129 cm³/mol. The second kappa shape index (κ2) is 8.09. The van der Waals surface area contributed by atoms with Gasteiger partial charge in [-0.3, -0.25) is 4.79 Å². The summed E-state index contributed by atoms with van der Waals surface area (Å²) in [5.74, 6) is -0.912. The van der Waals surface area contributed by atoms with Crippen molar-refractivity contribution in [3.8, 4) is 12.1 Å². The lowest BCUT2D eigenvalue weighted by atomic mass is 9.69. The molecule has 33 heavy (non-hydrogen) atoms. The van der Waals surface area contributed by atoms with Crippen LogP contribution in [0.3, 0.4) is 0 Å². The average Bonchev–Trinajstić information content (AvgIpc) is 3.17. The Balaban J connectivity index is 1.80. The van der Waals surface area contributed by atoms with E-state index >= 15 is 0 Å². The van der Waals surface area contributed by atoms with Gasteiger partial charge in [0.2, 0.25) is 0 Å². The maximum absolute atomic E-state index is 14.0. The summed E-state index contributed by atoms with van der Waals surface area (Å²) < 4.78 is 0. The molecule has 0 spiro atoms. The van der Waals surface area contributed by atoms with Gasteiger partial charge in [-0.05, 0) is 29.3 Å². The summed E-state index contributed by atoms with van der Waals surface area (Å²) in [5.41, 5.74) is 1.37. The second-order valence-corrected chi connectivity index (χ2v) is 9.00. The largest absolute Gasteiger partial charge is 0.351 e. The van der Waals surface area contributed by atoms with Crippen LogP contribution in [-0.4, -0.2) is 17.9 Å². The van der Waals surface area contributed by atoms with Crippen LogP contribution in [0.2, 0.25) is 10.0 Å². The van der Waals surface area contributed by atoms with Gasteiger partial charge in [-0.1, -0.05) is 90.0 Å². The minimum atomic E-state index is -1.52. The number of carbonyl (C=O) groups excluding carboxylic acids is 1. The second-order valence-electron chi connectivity index (χ2n) is 8.19. The van der Waals surface area contributed by atoms with Crippen LogP contribution in [-0.2, 0) is 0 Å². The lowest BCUT2D eigenvalue weighted by Crippen LogP contribution is -2.44. The van der Waals surface area contributed by atoms with Gasteiger partial charge in [0.05, 0.1) is 28.2 Å². The molecule has 3 aromatic rings. The zero-order valence-electron chi connectivity index (χ0n) is 17.3. The van der Waals surface area contributed by atoms with Gasteiger partial charge >= 0.3 is 0 Å². The summed E-state index contributed by atoms with van der Waals surface area (Å²) in [7, 11) is 0. The van der Waals surface area contributed by atoms with Gasteiger partial charge in [0.15, 0.2) is 11.2 Å². The van der Waals surface area contributed by atoms with Crippen molar-refractivity contribution in [1.82, 2.24) is 0 Å². The monoisotopic (exact) mass is 469 g/mol. The van der Waals surface area contributed by atoms with Gasteiger partial charge in [0.1, 0.15) is 6.04 Å². The third-order valence-electron chi connectivity index (χ3n) is 6.54. The Bertz CT molecular complexity index is 1360. The van der Waals surface area contributed by atoms with Gasteiger partial charge in [-0.15, -0.1) is 0 Å². The van der Waals surface area contributed by atoms with Crippen LogP contribution in [0.4, 0.5) is 5.69 Å². The third-order valence-corrected chi connectivity index (χ3v) is 7.28. The highest BCUT2D eigenvalue weighted by molar-refractivity contribution is 6.42. The summed E-state index contributed by atoms with van der Waals surface area (Å²) >= 11 is 12.5. The van der Waals surface area contributed by atoms with Crippen molar-refractivity contribution in [2.75, 3.05) is 4.90 Å². The highest BCUT2D eigenvalue weighted by Gasteiger charge is 2.63. The Morgan fingerprint density at radius 2 is 1.61 bits per heavy atom. The SMILES string of the molecule is N#CC1(C#N)[C@H](c2ccc(Cl)c(Cl)c2)[C@H](C(=O)c2ccccc2)N2c3ccccc3C=C[C@@H]21. The Morgan fingerprint density at radius 3 is 2.30 bits per heavy atom. The highest BCUT2D eigenvalue weighted by Crippen LogP contribution is 2.55. The molecule has 3 aromatic carbocycles. The summed E-state index contributed by atoms with van der Waals surface area (Å²) in [6.07, 6.45) is 3.78. The molecule has 0 N–H and O–H groups in total. The van der Waals surface area contributed by atoms with Gasteiger partial charge in [0.25, 0.3) is 0 Å². The fourth-order valence-corrected chi connectivity index (χ4v) is 5.39. The van der Waals surface area contributed by atoms with Gasteiger partial charge in [0, 0.05) is 17.2 Å². The zero-order chi connectivity index (χ0) is 23.2. The van der Waals surface area contributed by atoms with Crippen LogP contribution in [0, 0.1) is 28.1 Å². The van der Waals surface area contributed by atoms with E-state index in [1.807, 2.05) is 47.4 Å². The molecule has 4 nitrogen and oxygen atoms in total.